The summed E-state index contributed by atoms with van der Waals surface area (Å²) < 4.78 is 85.5. The Balaban J connectivity index is 3.27. The number of aryl methyl sites for hydroxylation is 1. The smallest absolute Gasteiger partial charge is 0.331 e. The number of H-pyrrole nitrogens is 1. The lowest BCUT2D eigenvalue weighted by atomic mass is 10.1. The Morgan fingerprint density at radius 3 is 2.07 bits per heavy atom. The van der Waals surface area contributed by atoms with E-state index in [-0.39, 0.29) is 10.1 Å². The first-order valence-corrected chi connectivity index (χ1v) is 13.5. The Labute approximate surface area is 171 Å². The van der Waals surface area contributed by atoms with E-state index < -0.39 is 69.8 Å². The summed E-state index contributed by atoms with van der Waals surface area (Å²) in [6.45, 7) is -0.0425. The van der Waals surface area contributed by atoms with Crippen molar-refractivity contribution in [3.05, 3.63) is 32.6 Å². The molecule has 1 aromatic rings. The molecule has 172 valence electrons. The number of hydrogen-bond donors (Lipinski definition) is 3. The summed E-state index contributed by atoms with van der Waals surface area (Å²) in [5.41, 5.74) is -2.75. The van der Waals surface area contributed by atoms with Crippen LogP contribution in [0, 0.1) is 6.92 Å². The summed E-state index contributed by atoms with van der Waals surface area (Å²) in [7, 11) is -15.0. The second-order valence-corrected chi connectivity index (χ2v) is 12.6. The van der Waals surface area contributed by atoms with Crippen molar-refractivity contribution >= 4 is 29.8 Å². The second kappa shape index (κ2) is 7.21. The van der Waals surface area contributed by atoms with Crippen molar-refractivity contribution in [3.8, 4) is 0 Å². The third-order valence-electron chi connectivity index (χ3n) is 4.44. The first-order chi connectivity index (χ1) is 13.4. The average molecular weight is 493 g/mol. The van der Waals surface area contributed by atoms with Gasteiger partial charge in [0, 0.05) is 24.3 Å². The van der Waals surface area contributed by atoms with Crippen LogP contribution in [0.25, 0.3) is 0 Å². The first-order valence-electron chi connectivity index (χ1n) is 7.95. The van der Waals surface area contributed by atoms with Crippen LogP contribution in [0.15, 0.2) is 15.8 Å². The first kappa shape index (κ1) is 24.6. The summed E-state index contributed by atoms with van der Waals surface area (Å²) in [5.74, 6) is 0. The van der Waals surface area contributed by atoms with Crippen LogP contribution in [-0.4, -0.2) is 87.5 Å². The highest BCUT2D eigenvalue weighted by atomic mass is 32.2. The Bertz CT molecular complexity index is 1290. The van der Waals surface area contributed by atoms with E-state index in [1.165, 1.54) is 0 Å². The van der Waals surface area contributed by atoms with Crippen molar-refractivity contribution < 1.29 is 44.4 Å². The maximum Gasteiger partial charge on any atom is 0.331 e. The summed E-state index contributed by atoms with van der Waals surface area (Å²) in [5, 5.41) is 16.6. The molecular formula is C13H20N2O12S3. The van der Waals surface area contributed by atoms with Crippen molar-refractivity contribution in [1.29, 1.82) is 0 Å². The number of aliphatic hydroxyl groups excluding tert-OH is 2. The third-order valence-corrected chi connectivity index (χ3v) is 8.54. The minimum absolute atomic E-state index is 0.101. The summed E-state index contributed by atoms with van der Waals surface area (Å²) in [6.07, 6.45) is -2.87. The van der Waals surface area contributed by atoms with Crippen molar-refractivity contribution in [2.45, 2.75) is 29.1 Å². The molecule has 0 aliphatic carbocycles. The maximum atomic E-state index is 13.0. The highest BCUT2D eigenvalue weighted by Gasteiger charge is 2.80. The zero-order chi connectivity index (χ0) is 23.5. The van der Waals surface area contributed by atoms with E-state index in [0.29, 0.717) is 25.0 Å². The molecule has 1 fully saturated rings. The Morgan fingerprint density at radius 1 is 1.13 bits per heavy atom. The highest BCUT2D eigenvalue weighted by molar-refractivity contribution is 7.96. The fraction of sp³-hybridized carbons (Fsp3) is 0.692. The Hall–Kier alpha value is -1.63. The SMILES string of the molecule is Cc1cn([C@]2(S(C)(=O)=O)O[C@H](CO)[C@@H](O)[C@]2(OS(C)(=O)=O)S(C)(=O)=O)c(=O)[nH]c1=O. The predicted octanol–water partition coefficient (Wildman–Crippen LogP) is -4.03. The molecule has 0 amide bonds. The van der Waals surface area contributed by atoms with Gasteiger partial charge in [-0.15, -0.1) is 0 Å². The molecule has 2 rings (SSSR count). The van der Waals surface area contributed by atoms with E-state index in [1.807, 2.05) is 0 Å². The molecule has 0 bridgehead atoms. The molecule has 1 aliphatic rings. The van der Waals surface area contributed by atoms with E-state index in [1.54, 1.807) is 4.98 Å². The minimum Gasteiger partial charge on any atom is -0.394 e. The van der Waals surface area contributed by atoms with Crippen LogP contribution in [0.5, 0.6) is 0 Å². The van der Waals surface area contributed by atoms with Gasteiger partial charge in [-0.3, -0.25) is 14.3 Å². The number of nitrogens with one attached hydrogen (secondary N) is 1. The van der Waals surface area contributed by atoms with Gasteiger partial charge >= 0.3 is 10.7 Å². The standard InChI is InChI=1S/C13H20N2O12S3/c1-7-5-15(11(19)14-10(7)18)13(29(3,22)23)12(28(2,20)21,27-30(4,24)25)9(17)8(6-16)26-13/h5,8-9,16-17H,6H2,1-4H3,(H,14,18,19)/t8-,9-,12+,13+/m1/s1. The topological polar surface area (TPSA) is 216 Å². The zero-order valence-electron chi connectivity index (χ0n) is 16.1. The number of aromatic amines is 1. The molecule has 3 N–H and O–H groups in total. The van der Waals surface area contributed by atoms with Crippen molar-refractivity contribution in [2.75, 3.05) is 25.4 Å². The number of ether oxygens (including phenoxy) is 1. The van der Waals surface area contributed by atoms with Crippen LogP contribution in [0.2, 0.25) is 0 Å². The average Bonchev–Trinajstić information content (AvgIpc) is 2.79. The number of aliphatic hydroxyl groups is 2. The molecular weight excluding hydrogens is 472 g/mol. The summed E-state index contributed by atoms with van der Waals surface area (Å²) in [6, 6.07) is 0. The molecule has 2 heterocycles. The molecule has 0 aromatic carbocycles. The molecule has 1 saturated heterocycles. The van der Waals surface area contributed by atoms with Gasteiger partial charge in [-0.25, -0.2) is 25.8 Å². The molecule has 1 aromatic heterocycles. The fourth-order valence-electron chi connectivity index (χ4n) is 3.30. The van der Waals surface area contributed by atoms with Gasteiger partial charge in [-0.05, 0) is 6.92 Å². The second-order valence-electron chi connectivity index (χ2n) is 6.81. The Morgan fingerprint density at radius 2 is 1.67 bits per heavy atom. The Kier molecular flexibility index (Phi) is 5.92. The quantitative estimate of drug-likeness (QED) is 0.323. The molecule has 14 nitrogen and oxygen atoms in total. The number of rotatable bonds is 6. The molecule has 17 heteroatoms. The van der Waals surface area contributed by atoms with E-state index in [2.05, 4.69) is 4.18 Å². The largest absolute Gasteiger partial charge is 0.394 e. The van der Waals surface area contributed by atoms with Gasteiger partial charge in [-0.2, -0.15) is 8.42 Å². The zero-order valence-corrected chi connectivity index (χ0v) is 18.5. The van der Waals surface area contributed by atoms with Crippen LogP contribution in [0.3, 0.4) is 0 Å². The van der Waals surface area contributed by atoms with Gasteiger partial charge in [-0.1, -0.05) is 0 Å². The number of aromatic nitrogens is 2. The predicted molar refractivity (Wildman–Crippen MR) is 100 cm³/mol. The van der Waals surface area contributed by atoms with Crippen LogP contribution >= 0.6 is 0 Å². The van der Waals surface area contributed by atoms with E-state index in [9.17, 15) is 45.1 Å². The number of nitrogens with zero attached hydrogens (tertiary/aromatic N) is 1. The number of sulfone groups is 2. The maximum absolute atomic E-state index is 13.0. The van der Waals surface area contributed by atoms with Crippen molar-refractivity contribution in [3.63, 3.8) is 0 Å². The van der Waals surface area contributed by atoms with Gasteiger partial charge in [0.05, 0.1) is 12.9 Å². The lowest BCUT2D eigenvalue weighted by molar-refractivity contribution is -0.0928. The summed E-state index contributed by atoms with van der Waals surface area (Å²) >= 11 is 0. The fourth-order valence-corrected chi connectivity index (χ4v) is 8.46. The van der Waals surface area contributed by atoms with E-state index >= 15 is 0 Å². The monoisotopic (exact) mass is 492 g/mol. The molecule has 0 spiro atoms. The summed E-state index contributed by atoms with van der Waals surface area (Å²) in [4.78, 5) is 22.4. The highest BCUT2D eigenvalue weighted by Crippen LogP contribution is 2.52. The third kappa shape index (κ3) is 3.43. The molecule has 1 aliphatic heterocycles. The van der Waals surface area contributed by atoms with Crippen LogP contribution in [0.1, 0.15) is 5.56 Å². The molecule has 0 saturated carbocycles. The van der Waals surface area contributed by atoms with Gasteiger partial charge in [0.2, 0.25) is 9.84 Å². The van der Waals surface area contributed by atoms with E-state index in [4.69, 9.17) is 4.74 Å². The van der Waals surface area contributed by atoms with Gasteiger partial charge in [0.25, 0.3) is 20.6 Å². The van der Waals surface area contributed by atoms with Crippen LogP contribution < -0.4 is 11.2 Å². The lowest BCUT2D eigenvalue weighted by Crippen LogP contribution is -2.69. The van der Waals surface area contributed by atoms with Crippen molar-refractivity contribution in [1.82, 2.24) is 9.55 Å². The van der Waals surface area contributed by atoms with Gasteiger partial charge in [0.15, 0.2) is 9.84 Å². The van der Waals surface area contributed by atoms with Gasteiger partial charge < -0.3 is 14.9 Å². The van der Waals surface area contributed by atoms with E-state index in [0.717, 1.165) is 6.92 Å². The normalized spacial score (nSPS) is 30.5. The van der Waals surface area contributed by atoms with Crippen molar-refractivity contribution in [2.24, 2.45) is 0 Å². The molecule has 30 heavy (non-hydrogen) atoms. The lowest BCUT2D eigenvalue weighted by Gasteiger charge is -2.41. The van der Waals surface area contributed by atoms with Crippen LogP contribution in [-0.2, 0) is 43.8 Å². The molecule has 0 unspecified atom stereocenters. The molecule has 0 radical (unpaired) electrons. The minimum atomic E-state index is -5.09. The van der Waals surface area contributed by atoms with Crippen LogP contribution in [0.4, 0.5) is 0 Å². The van der Waals surface area contributed by atoms with Gasteiger partial charge in [0.1, 0.15) is 12.2 Å². The molecule has 4 atom stereocenters. The number of hydrogen-bond acceptors (Lipinski definition) is 12.